The van der Waals surface area contributed by atoms with Crippen molar-refractivity contribution < 1.29 is 27.8 Å². The first kappa shape index (κ1) is 44.0. The molecular weight excluding hydrogens is 668 g/mol. The van der Waals surface area contributed by atoms with Gasteiger partial charge in [-0.25, -0.2) is 13.2 Å². The van der Waals surface area contributed by atoms with Gasteiger partial charge in [0, 0.05) is 44.5 Å². The van der Waals surface area contributed by atoms with Crippen LogP contribution < -0.4 is 10.6 Å². The van der Waals surface area contributed by atoms with Crippen molar-refractivity contribution >= 4 is 32.6 Å². The molecule has 2 saturated carbocycles. The van der Waals surface area contributed by atoms with E-state index in [4.69, 9.17) is 20.4 Å². The summed E-state index contributed by atoms with van der Waals surface area (Å²) in [7, 11) is 4.61. The summed E-state index contributed by atoms with van der Waals surface area (Å²) in [5.41, 5.74) is 10.1. The molecule has 10 heteroatoms. The van der Waals surface area contributed by atoms with Crippen LogP contribution in [0.4, 0.5) is 18.9 Å². The third-order valence-electron chi connectivity index (χ3n) is 13.8. The number of alkyl halides is 3. The van der Waals surface area contributed by atoms with Crippen molar-refractivity contribution in [3.05, 3.63) is 29.3 Å². The second-order valence-corrected chi connectivity index (χ2v) is 17.7. The van der Waals surface area contributed by atoms with E-state index in [1.807, 2.05) is 0 Å². The van der Waals surface area contributed by atoms with Crippen molar-refractivity contribution in [2.75, 3.05) is 37.0 Å². The van der Waals surface area contributed by atoms with Crippen molar-refractivity contribution in [1.29, 1.82) is 0 Å². The van der Waals surface area contributed by atoms with Crippen molar-refractivity contribution in [3.63, 3.8) is 0 Å². The molecule has 5 nitrogen and oxygen atoms in total. The first-order valence-corrected chi connectivity index (χ1v) is 20.3. The second-order valence-electron chi connectivity index (χ2n) is 17.2. The van der Waals surface area contributed by atoms with Crippen LogP contribution in [0.2, 0.25) is 0 Å². The molecule has 6 rings (SSSR count). The molecule has 1 spiro atoms. The maximum atomic E-state index is 12.6. The van der Waals surface area contributed by atoms with Crippen molar-refractivity contribution in [1.82, 2.24) is 0 Å². The summed E-state index contributed by atoms with van der Waals surface area (Å²) in [6, 6.07) is 7.99. The molecule has 2 saturated heterocycles. The normalized spacial score (nSPS) is 29.3. The fraction of sp³-hybridized carbons (Fsp3) is 0.829. The van der Waals surface area contributed by atoms with E-state index in [9.17, 15) is 13.2 Å². The molecule has 2 aliphatic heterocycles. The van der Waals surface area contributed by atoms with E-state index >= 15 is 0 Å². The Morgan fingerprint density at radius 3 is 2.16 bits per heavy atom. The molecule has 0 aromatic heterocycles. The van der Waals surface area contributed by atoms with Crippen LogP contribution in [0.25, 0.3) is 0 Å². The van der Waals surface area contributed by atoms with Crippen molar-refractivity contribution in [2.45, 2.75) is 155 Å². The van der Waals surface area contributed by atoms with Crippen LogP contribution in [-0.2, 0) is 16.0 Å². The van der Waals surface area contributed by atoms with Gasteiger partial charge in [0.25, 0.3) is 12.4 Å². The van der Waals surface area contributed by atoms with Gasteiger partial charge >= 0.3 is 0 Å². The van der Waals surface area contributed by atoms with Gasteiger partial charge in [-0.3, -0.25) is 4.79 Å². The lowest BCUT2D eigenvalue weighted by molar-refractivity contribution is -0.122. The Kier molecular flexibility index (Phi) is 16.2. The Morgan fingerprint density at radius 1 is 1.02 bits per heavy atom. The smallest absolute Gasteiger partial charge is 0.290 e. The monoisotopic (exact) mass is 736 g/mol. The number of thiol groups is 1. The number of benzene rings is 1. The highest BCUT2D eigenvalue weighted by atomic mass is 32.1. The van der Waals surface area contributed by atoms with E-state index < -0.39 is 17.9 Å². The van der Waals surface area contributed by atoms with Crippen LogP contribution in [0, 0.1) is 28.1 Å². The Bertz CT molecular complexity index is 1210. The number of carboxylic acid groups (broad SMARTS) is 1. The molecule has 0 bridgehead atoms. The molecule has 4 fully saturated rings. The lowest BCUT2D eigenvalue weighted by Gasteiger charge is -2.50. The predicted molar refractivity (Wildman–Crippen MR) is 209 cm³/mol. The summed E-state index contributed by atoms with van der Waals surface area (Å²) < 4.78 is 43.3. The van der Waals surface area contributed by atoms with Gasteiger partial charge in [0.15, 0.2) is 0 Å². The molecule has 6 unspecified atom stereocenters. The average molecular weight is 737 g/mol. The van der Waals surface area contributed by atoms with Crippen LogP contribution in [-0.4, -0.2) is 69.0 Å². The van der Waals surface area contributed by atoms with Crippen LogP contribution in [0.15, 0.2) is 18.2 Å². The van der Waals surface area contributed by atoms with Gasteiger partial charge < -0.3 is 20.5 Å². The number of piperidine rings is 1. The van der Waals surface area contributed by atoms with E-state index in [1.54, 1.807) is 11.1 Å². The largest absolute Gasteiger partial charge is 0.483 e. The number of aryl methyl sites for hydroxylation is 1. The number of nitrogens with two attached hydrogens (primary N) is 1. The summed E-state index contributed by atoms with van der Waals surface area (Å²) in [4.78, 5) is 11.0. The third kappa shape index (κ3) is 11.1. The SMILES string of the molecule is CC12CCC3c4ccc(N5CCC6(CCOCC6)CC5)cc4CCC3C1CCC2N.CCC(C)(C)CC.O=CO.[B]C(C)(F)C(F)(F)CCCS. The number of nitrogens with zero attached hydrogens (tertiary/aromatic N) is 1. The molecule has 51 heavy (non-hydrogen) atoms. The Labute approximate surface area is 314 Å². The molecule has 290 valence electrons. The van der Waals surface area contributed by atoms with Gasteiger partial charge in [-0.05, 0) is 141 Å². The van der Waals surface area contributed by atoms with Gasteiger partial charge in [0.1, 0.15) is 13.4 Å². The molecule has 0 amide bonds. The summed E-state index contributed by atoms with van der Waals surface area (Å²) in [6.45, 7) is 16.4. The predicted octanol–water partition coefficient (Wildman–Crippen LogP) is 9.99. The number of rotatable bonds is 7. The van der Waals surface area contributed by atoms with Crippen LogP contribution in [0.1, 0.15) is 142 Å². The number of fused-ring (bicyclic) bond motifs is 5. The molecule has 1 aromatic carbocycles. The number of halogens is 3. The zero-order valence-corrected chi connectivity index (χ0v) is 33.4. The summed E-state index contributed by atoms with van der Waals surface area (Å²) >= 11 is 3.73. The fourth-order valence-corrected chi connectivity index (χ4v) is 9.30. The molecular formula is C41H68BF3N2O3S. The molecule has 2 heterocycles. The molecule has 3 N–H and O–H groups in total. The van der Waals surface area contributed by atoms with E-state index in [-0.39, 0.29) is 12.9 Å². The first-order valence-electron chi connectivity index (χ1n) is 19.7. The maximum Gasteiger partial charge on any atom is 0.290 e. The lowest BCUT2D eigenvalue weighted by Crippen LogP contribution is -2.46. The number of hydrogen-bond acceptors (Lipinski definition) is 5. The number of ether oxygens (including phenoxy) is 1. The zero-order valence-electron chi connectivity index (χ0n) is 32.5. The topological polar surface area (TPSA) is 75.8 Å². The van der Waals surface area contributed by atoms with E-state index in [1.165, 1.54) is 95.8 Å². The molecule has 6 atom stereocenters. The Hall–Kier alpha value is -1.39. The fourth-order valence-electron chi connectivity index (χ4n) is 9.15. The first-order chi connectivity index (χ1) is 23.9. The Balaban J connectivity index is 0.000000278. The van der Waals surface area contributed by atoms with Gasteiger partial charge in [-0.1, -0.05) is 53.5 Å². The third-order valence-corrected chi connectivity index (χ3v) is 14.1. The Morgan fingerprint density at radius 2 is 1.63 bits per heavy atom. The highest BCUT2D eigenvalue weighted by Crippen LogP contribution is 2.60. The number of hydrogen-bond donors (Lipinski definition) is 3. The van der Waals surface area contributed by atoms with E-state index in [2.05, 4.69) is 78.2 Å². The standard InChI is InChI=1S/C27H40N2O.C7H16.C6H10BF3S.CH2O2/c1-26-9-8-22-21-5-3-20(29-14-10-27(11-15-29)12-16-30-17-13-27)18-19(21)2-4-23(22)24(26)6-7-25(26)28;1-5-7(3,4)6-2;1-5(7,8)6(9,10)3-2-4-11;2-1-3/h3,5,18,22-25H,2,4,6-17,28H2,1H3;5-6H2,1-4H3;11H,2-4H2,1H3;1H,(H,2,3). The van der Waals surface area contributed by atoms with E-state index in [0.29, 0.717) is 35.0 Å². The lowest BCUT2D eigenvalue weighted by atomic mass is 9.55. The molecule has 3 aliphatic carbocycles. The summed E-state index contributed by atoms with van der Waals surface area (Å²) in [6.07, 6.45) is 15.4. The quantitative estimate of drug-likeness (QED) is 0.148. The maximum absolute atomic E-state index is 12.6. The minimum absolute atomic E-state index is 0.160. The van der Waals surface area contributed by atoms with Gasteiger partial charge in [0.05, 0.1) is 0 Å². The minimum Gasteiger partial charge on any atom is -0.483 e. The number of carbonyl (C=O) groups is 1. The van der Waals surface area contributed by atoms with Crippen molar-refractivity contribution in [3.8, 4) is 0 Å². The molecule has 5 aliphatic rings. The summed E-state index contributed by atoms with van der Waals surface area (Å²) in [5.74, 6) is -0.615. The highest BCUT2D eigenvalue weighted by Gasteiger charge is 2.53. The number of anilines is 1. The highest BCUT2D eigenvalue weighted by molar-refractivity contribution is 7.80. The molecule has 1 aromatic rings. The van der Waals surface area contributed by atoms with Crippen LogP contribution >= 0.6 is 12.6 Å². The second kappa shape index (κ2) is 18.8. The van der Waals surface area contributed by atoms with Crippen LogP contribution in [0.5, 0.6) is 0 Å². The zero-order chi connectivity index (χ0) is 38.1. The van der Waals surface area contributed by atoms with Crippen LogP contribution in [0.3, 0.4) is 0 Å². The van der Waals surface area contributed by atoms with Gasteiger partial charge in [-0.15, -0.1) is 0 Å². The average Bonchev–Trinajstić information content (AvgIpc) is 3.42. The van der Waals surface area contributed by atoms with E-state index in [0.717, 1.165) is 31.0 Å². The summed E-state index contributed by atoms with van der Waals surface area (Å²) in [5, 5.41) is 6.89. The van der Waals surface area contributed by atoms with Crippen molar-refractivity contribution in [2.24, 2.45) is 33.8 Å². The van der Waals surface area contributed by atoms with Gasteiger partial charge in [-0.2, -0.15) is 12.6 Å². The molecule has 2 radical (unpaired) electrons. The minimum atomic E-state index is -3.45. The van der Waals surface area contributed by atoms with Gasteiger partial charge in [0.2, 0.25) is 0 Å².